The molecule has 4 heterocycles. The van der Waals surface area contributed by atoms with Crippen molar-refractivity contribution in [1.82, 2.24) is 25.1 Å². The van der Waals surface area contributed by atoms with E-state index in [2.05, 4.69) is 48.4 Å². The molecule has 5 rings (SSSR count). The molecule has 3 fully saturated rings. The van der Waals surface area contributed by atoms with Crippen LogP contribution in [0.4, 0.5) is 17.6 Å². The minimum absolute atomic E-state index is 0. The first kappa shape index (κ1) is 17.3. The molecule has 1 aliphatic carbocycles. The molecule has 2 aliphatic heterocycles. The molecule has 25 heavy (non-hydrogen) atoms. The summed E-state index contributed by atoms with van der Waals surface area (Å²) >= 11 is 0. The predicted molar refractivity (Wildman–Crippen MR) is 94.4 cm³/mol. The van der Waals surface area contributed by atoms with Gasteiger partial charge in [0.15, 0.2) is 5.82 Å². The standard InChI is InChI=1S/C17H22N7.U.H2/c1-23-7-12-9-24(10-13(12)8-23)17-18-5-4-15(20-17)19-16-6-14(21-22-16)11-2-3-11;;/h4-6,11-12H,2-3,7-10H2,1H3,(H2,18,19,20,21,22);;1H/q-1;;/t12-;;/m0../s1. The van der Waals surface area contributed by atoms with Gasteiger partial charge in [0.2, 0.25) is 5.95 Å². The van der Waals surface area contributed by atoms with Gasteiger partial charge in [0.25, 0.3) is 0 Å². The third kappa shape index (κ3) is 3.58. The van der Waals surface area contributed by atoms with Crippen molar-refractivity contribution in [1.29, 1.82) is 0 Å². The third-order valence-corrected chi connectivity index (χ3v) is 5.21. The second-order valence-corrected chi connectivity index (χ2v) is 7.28. The van der Waals surface area contributed by atoms with E-state index < -0.39 is 0 Å². The molecule has 2 N–H and O–H groups in total. The van der Waals surface area contributed by atoms with E-state index in [1.54, 1.807) is 5.92 Å². The number of H-pyrrole nitrogens is 1. The summed E-state index contributed by atoms with van der Waals surface area (Å²) in [6, 6.07) is 3.98. The number of hydrogen-bond acceptors (Lipinski definition) is 6. The molecular weight excluding hydrogens is 540 g/mol. The number of nitrogens with one attached hydrogen (secondary N) is 2. The number of aromatic amines is 1. The topological polar surface area (TPSA) is 73.0 Å². The van der Waals surface area contributed by atoms with Crippen LogP contribution in [0.3, 0.4) is 0 Å². The summed E-state index contributed by atoms with van der Waals surface area (Å²) in [6.07, 6.45) is 4.36. The zero-order valence-electron chi connectivity index (χ0n) is 14.4. The Bertz CT molecular complexity index is 736. The van der Waals surface area contributed by atoms with Gasteiger partial charge in [0.1, 0.15) is 5.82 Å². The van der Waals surface area contributed by atoms with Gasteiger partial charge >= 0.3 is 0 Å². The van der Waals surface area contributed by atoms with Gasteiger partial charge in [-0.2, -0.15) is 10.1 Å². The largest absolute Gasteiger partial charge is 0.373 e. The van der Waals surface area contributed by atoms with Crippen LogP contribution in [0.25, 0.3) is 0 Å². The summed E-state index contributed by atoms with van der Waals surface area (Å²) in [5.74, 6) is 5.39. The molecule has 0 amide bonds. The Morgan fingerprint density at radius 1 is 1.28 bits per heavy atom. The van der Waals surface area contributed by atoms with Gasteiger partial charge in [0, 0.05) is 56.4 Å². The first-order valence-corrected chi connectivity index (χ1v) is 8.68. The molecule has 1 atom stereocenters. The average Bonchev–Trinajstić information content (AvgIpc) is 3.03. The van der Waals surface area contributed by atoms with Gasteiger partial charge in [-0.15, -0.1) is 12.5 Å². The molecule has 2 aromatic heterocycles. The molecule has 1 saturated carbocycles. The first-order chi connectivity index (χ1) is 11.7. The maximum atomic E-state index is 4.69. The van der Waals surface area contributed by atoms with Gasteiger partial charge in [0.05, 0.1) is 0 Å². The van der Waals surface area contributed by atoms with Crippen LogP contribution in [-0.4, -0.2) is 58.3 Å². The van der Waals surface area contributed by atoms with E-state index in [4.69, 9.17) is 0 Å². The van der Waals surface area contributed by atoms with Crippen molar-refractivity contribution in [2.45, 2.75) is 18.8 Å². The Labute approximate surface area is 172 Å². The summed E-state index contributed by atoms with van der Waals surface area (Å²) < 4.78 is 0. The van der Waals surface area contributed by atoms with E-state index in [1.807, 2.05) is 12.3 Å². The fraction of sp³-hybridized carbons (Fsp3) is 0.529. The Hall–Kier alpha value is -1.10. The summed E-state index contributed by atoms with van der Waals surface area (Å²) in [4.78, 5) is 13.8. The molecule has 0 unspecified atom stereocenters. The normalized spacial score (nSPS) is 23.6. The second-order valence-electron chi connectivity index (χ2n) is 7.28. The molecule has 8 heteroatoms. The van der Waals surface area contributed by atoms with Crippen LogP contribution < -0.4 is 10.2 Å². The van der Waals surface area contributed by atoms with E-state index in [1.165, 1.54) is 18.5 Å². The number of aromatic nitrogens is 4. The number of hydrogen-bond donors (Lipinski definition) is 2. The molecular formula is C17H24N7U-. The first-order valence-electron chi connectivity index (χ1n) is 8.68. The van der Waals surface area contributed by atoms with E-state index in [0.717, 1.165) is 43.8 Å². The van der Waals surface area contributed by atoms with E-state index in [0.29, 0.717) is 11.8 Å². The Morgan fingerprint density at radius 2 is 2.16 bits per heavy atom. The molecule has 2 aromatic rings. The van der Waals surface area contributed by atoms with Crippen LogP contribution in [0.15, 0.2) is 18.3 Å². The maximum absolute atomic E-state index is 4.69. The minimum atomic E-state index is 0. The smallest absolute Gasteiger partial charge is 0.224 e. The van der Waals surface area contributed by atoms with Crippen LogP contribution in [0, 0.1) is 42.9 Å². The van der Waals surface area contributed by atoms with Gasteiger partial charge in [-0.3, -0.25) is 11.0 Å². The molecule has 0 aromatic carbocycles. The van der Waals surface area contributed by atoms with Crippen LogP contribution in [0.2, 0.25) is 0 Å². The van der Waals surface area contributed by atoms with Crippen molar-refractivity contribution in [2.24, 2.45) is 5.92 Å². The van der Waals surface area contributed by atoms with Crippen molar-refractivity contribution < 1.29 is 32.5 Å². The van der Waals surface area contributed by atoms with E-state index >= 15 is 0 Å². The molecule has 0 spiro atoms. The zero-order chi connectivity index (χ0) is 16.1. The Kier molecular flexibility index (Phi) is 4.78. The fourth-order valence-electron chi connectivity index (χ4n) is 3.85. The molecule has 0 bridgehead atoms. The fourth-order valence-corrected chi connectivity index (χ4v) is 3.85. The number of rotatable bonds is 4. The molecule has 132 valence electrons. The summed E-state index contributed by atoms with van der Waals surface area (Å²) in [5, 5.41) is 10.7. The Morgan fingerprint density at radius 3 is 2.96 bits per heavy atom. The SMILES string of the molecule is CN1C[C-]2CN(c3nccc(Nc4cc(C5CC5)[nH]n4)n3)C[C@@H]2C1.[HH].[U]. The molecule has 0 radical (unpaired) electrons. The molecule has 3 aliphatic rings. The summed E-state index contributed by atoms with van der Waals surface area (Å²) in [7, 11) is 2.19. The second kappa shape index (κ2) is 6.90. The van der Waals surface area contributed by atoms with Crippen LogP contribution in [0.1, 0.15) is 25.9 Å². The zero-order valence-corrected chi connectivity index (χ0v) is 18.5. The van der Waals surface area contributed by atoms with Gasteiger partial charge < -0.3 is 15.1 Å². The number of nitrogens with zero attached hydrogens (tertiary/aromatic N) is 5. The van der Waals surface area contributed by atoms with Crippen molar-refractivity contribution in [3.8, 4) is 0 Å². The van der Waals surface area contributed by atoms with Crippen molar-refractivity contribution in [3.05, 3.63) is 29.9 Å². The van der Waals surface area contributed by atoms with Crippen molar-refractivity contribution in [2.75, 3.05) is 43.4 Å². The monoisotopic (exact) mass is 564 g/mol. The van der Waals surface area contributed by atoms with E-state index in [-0.39, 0.29) is 32.5 Å². The quantitative estimate of drug-likeness (QED) is 0.554. The van der Waals surface area contributed by atoms with Crippen LogP contribution in [-0.2, 0) is 0 Å². The number of fused-ring (bicyclic) bond motifs is 1. The van der Waals surface area contributed by atoms with Gasteiger partial charge in [-0.25, -0.2) is 4.98 Å². The third-order valence-electron chi connectivity index (χ3n) is 5.21. The average molecular weight is 564 g/mol. The number of likely N-dealkylation sites (tertiary alicyclic amines) is 1. The van der Waals surface area contributed by atoms with E-state index in [9.17, 15) is 0 Å². The predicted octanol–water partition coefficient (Wildman–Crippen LogP) is 2.02. The summed E-state index contributed by atoms with van der Waals surface area (Å²) in [5.41, 5.74) is 1.22. The summed E-state index contributed by atoms with van der Waals surface area (Å²) in [6.45, 7) is 4.27. The minimum Gasteiger partial charge on any atom is -0.373 e. The van der Waals surface area contributed by atoms with Crippen LogP contribution in [0.5, 0.6) is 0 Å². The van der Waals surface area contributed by atoms with Crippen molar-refractivity contribution >= 4 is 17.6 Å². The van der Waals surface area contributed by atoms with Crippen LogP contribution >= 0.6 is 0 Å². The maximum Gasteiger partial charge on any atom is 0.224 e. The Balaban J connectivity index is 0.000000980. The van der Waals surface area contributed by atoms with Gasteiger partial charge in [-0.1, -0.05) is 6.54 Å². The van der Waals surface area contributed by atoms with Gasteiger partial charge in [-0.05, 0) is 39.0 Å². The van der Waals surface area contributed by atoms with Crippen molar-refractivity contribution in [3.63, 3.8) is 0 Å². The number of anilines is 3. The molecule has 7 nitrogen and oxygen atoms in total. The molecule has 2 saturated heterocycles.